The largest absolute Gasteiger partial charge is 0.471 e. The number of rotatable bonds is 2. The van der Waals surface area contributed by atoms with Gasteiger partial charge in [0, 0.05) is 6.07 Å². The van der Waals surface area contributed by atoms with E-state index in [4.69, 9.17) is 0 Å². The van der Waals surface area contributed by atoms with E-state index in [0.717, 1.165) is 5.56 Å². The number of amides is 1. The highest BCUT2D eigenvalue weighted by Gasteiger charge is 2.39. The van der Waals surface area contributed by atoms with Gasteiger partial charge in [-0.05, 0) is 5.56 Å². The first kappa shape index (κ1) is 12.2. The molecule has 0 bridgehead atoms. The molecule has 0 unspecified atom stereocenters. The third-order valence-corrected chi connectivity index (χ3v) is 2.16. The third-order valence-electron chi connectivity index (χ3n) is 2.16. The zero-order valence-corrected chi connectivity index (χ0v) is 8.95. The summed E-state index contributed by atoms with van der Waals surface area (Å²) < 4.78 is 36.0. The summed E-state index contributed by atoms with van der Waals surface area (Å²) in [6, 6.07) is 10.2. The highest BCUT2D eigenvalue weighted by atomic mass is 19.4. The Labute approximate surface area is 99.8 Å². The van der Waals surface area contributed by atoms with E-state index in [-0.39, 0.29) is 5.82 Å². The van der Waals surface area contributed by atoms with E-state index >= 15 is 0 Å². The quantitative estimate of drug-likeness (QED) is 0.866. The Hall–Kier alpha value is -2.31. The van der Waals surface area contributed by atoms with Crippen molar-refractivity contribution in [1.82, 2.24) is 10.2 Å². The van der Waals surface area contributed by atoms with Crippen molar-refractivity contribution >= 4 is 11.7 Å². The first-order chi connectivity index (χ1) is 8.47. The van der Waals surface area contributed by atoms with Crippen LogP contribution in [-0.2, 0) is 4.79 Å². The molecule has 0 radical (unpaired) electrons. The second-order valence-electron chi connectivity index (χ2n) is 3.48. The van der Waals surface area contributed by atoms with Gasteiger partial charge < -0.3 is 5.32 Å². The topological polar surface area (TPSA) is 57.8 Å². The number of anilines is 1. The summed E-state index contributed by atoms with van der Waals surface area (Å²) in [6.07, 6.45) is -4.92. The molecule has 0 saturated heterocycles. The Morgan fingerprint density at radius 2 is 1.89 bits per heavy atom. The van der Waals surface area contributed by atoms with E-state index in [1.165, 1.54) is 6.07 Å². The molecule has 1 aromatic carbocycles. The molecule has 7 heteroatoms. The predicted octanol–water partition coefficient (Wildman–Crippen LogP) is 2.58. The SMILES string of the molecule is O=C(Nc1cc(-c2ccccc2)[nH]n1)C(F)(F)F. The van der Waals surface area contributed by atoms with E-state index in [9.17, 15) is 18.0 Å². The third kappa shape index (κ3) is 2.68. The second kappa shape index (κ2) is 4.52. The van der Waals surface area contributed by atoms with Crippen molar-refractivity contribution in [3.8, 4) is 11.3 Å². The standard InChI is InChI=1S/C11H8F3N3O/c12-11(13,14)10(18)15-9-6-8(16-17-9)7-4-2-1-3-5-7/h1-6H,(H2,15,16,17,18). The number of aromatic amines is 1. The normalized spacial score (nSPS) is 11.3. The van der Waals surface area contributed by atoms with Crippen molar-refractivity contribution in [2.45, 2.75) is 6.18 Å². The molecule has 0 aliphatic carbocycles. The summed E-state index contributed by atoms with van der Waals surface area (Å²) in [7, 11) is 0. The maximum atomic E-state index is 12.0. The van der Waals surface area contributed by atoms with E-state index in [1.54, 1.807) is 29.6 Å². The molecule has 0 atom stereocenters. The van der Waals surface area contributed by atoms with Crippen LogP contribution in [0.1, 0.15) is 0 Å². The molecule has 2 N–H and O–H groups in total. The number of carbonyl (C=O) groups excluding carboxylic acids is 1. The maximum Gasteiger partial charge on any atom is 0.471 e. The van der Waals surface area contributed by atoms with Gasteiger partial charge >= 0.3 is 12.1 Å². The van der Waals surface area contributed by atoms with Crippen LogP contribution >= 0.6 is 0 Å². The van der Waals surface area contributed by atoms with Gasteiger partial charge in [0.2, 0.25) is 0 Å². The molecule has 0 aliphatic heterocycles. The highest BCUT2D eigenvalue weighted by molar-refractivity contribution is 5.94. The summed E-state index contributed by atoms with van der Waals surface area (Å²) in [5, 5.41) is 7.80. The molecule has 18 heavy (non-hydrogen) atoms. The summed E-state index contributed by atoms with van der Waals surface area (Å²) in [6.45, 7) is 0. The van der Waals surface area contributed by atoms with Crippen LogP contribution in [-0.4, -0.2) is 22.3 Å². The van der Waals surface area contributed by atoms with Gasteiger partial charge in [-0.15, -0.1) is 0 Å². The van der Waals surface area contributed by atoms with E-state index < -0.39 is 12.1 Å². The predicted molar refractivity (Wildman–Crippen MR) is 58.7 cm³/mol. The fraction of sp³-hybridized carbons (Fsp3) is 0.0909. The lowest BCUT2D eigenvalue weighted by atomic mass is 10.2. The van der Waals surface area contributed by atoms with Gasteiger partial charge in [0.15, 0.2) is 5.82 Å². The van der Waals surface area contributed by atoms with Gasteiger partial charge in [0.25, 0.3) is 0 Å². The minimum absolute atomic E-state index is 0.170. The van der Waals surface area contributed by atoms with Crippen LogP contribution < -0.4 is 5.32 Å². The first-order valence-electron chi connectivity index (χ1n) is 4.96. The van der Waals surface area contributed by atoms with Crippen LogP contribution in [0.3, 0.4) is 0 Å². The van der Waals surface area contributed by atoms with Gasteiger partial charge in [-0.25, -0.2) is 0 Å². The van der Waals surface area contributed by atoms with Crippen molar-refractivity contribution in [2.24, 2.45) is 0 Å². The van der Waals surface area contributed by atoms with Crippen LogP contribution in [0.2, 0.25) is 0 Å². The van der Waals surface area contributed by atoms with Gasteiger partial charge in [-0.1, -0.05) is 30.3 Å². The lowest BCUT2D eigenvalue weighted by Crippen LogP contribution is -2.30. The minimum atomic E-state index is -4.92. The Kier molecular flexibility index (Phi) is 3.05. The number of nitrogens with one attached hydrogen (secondary N) is 2. The fourth-order valence-corrected chi connectivity index (χ4v) is 1.34. The Morgan fingerprint density at radius 1 is 1.22 bits per heavy atom. The molecule has 1 heterocycles. The lowest BCUT2D eigenvalue weighted by molar-refractivity contribution is -0.167. The first-order valence-corrected chi connectivity index (χ1v) is 4.96. The molecule has 0 aliphatic rings. The minimum Gasteiger partial charge on any atom is -0.301 e. The number of aromatic nitrogens is 2. The van der Waals surface area contributed by atoms with Crippen molar-refractivity contribution in [1.29, 1.82) is 0 Å². The van der Waals surface area contributed by atoms with Crippen LogP contribution in [0.25, 0.3) is 11.3 Å². The second-order valence-corrected chi connectivity index (χ2v) is 3.48. The van der Waals surface area contributed by atoms with Crippen LogP contribution in [0.5, 0.6) is 0 Å². The van der Waals surface area contributed by atoms with E-state index in [2.05, 4.69) is 10.2 Å². The molecule has 2 rings (SSSR count). The van der Waals surface area contributed by atoms with Crippen molar-refractivity contribution in [3.63, 3.8) is 0 Å². The van der Waals surface area contributed by atoms with Crippen molar-refractivity contribution in [2.75, 3.05) is 5.32 Å². The maximum absolute atomic E-state index is 12.0. The number of H-pyrrole nitrogens is 1. The lowest BCUT2D eigenvalue weighted by Gasteiger charge is -2.04. The number of nitrogens with zero attached hydrogens (tertiary/aromatic N) is 1. The van der Waals surface area contributed by atoms with Gasteiger partial charge in [0.05, 0.1) is 5.69 Å². The summed E-state index contributed by atoms with van der Waals surface area (Å²) in [5.41, 5.74) is 1.28. The molecule has 1 amide bonds. The summed E-state index contributed by atoms with van der Waals surface area (Å²) >= 11 is 0. The van der Waals surface area contributed by atoms with Crippen LogP contribution in [0, 0.1) is 0 Å². The molecular weight excluding hydrogens is 247 g/mol. The Bertz CT molecular complexity index is 548. The molecule has 1 aromatic heterocycles. The Balaban J connectivity index is 2.15. The van der Waals surface area contributed by atoms with Gasteiger partial charge in [0.1, 0.15) is 0 Å². The summed E-state index contributed by atoms with van der Waals surface area (Å²) in [4.78, 5) is 10.7. The molecule has 0 spiro atoms. The Morgan fingerprint density at radius 3 is 2.50 bits per heavy atom. The molecule has 94 valence electrons. The van der Waals surface area contributed by atoms with Gasteiger partial charge in [-0.3, -0.25) is 9.89 Å². The smallest absolute Gasteiger partial charge is 0.301 e. The van der Waals surface area contributed by atoms with Crippen molar-refractivity contribution < 1.29 is 18.0 Å². The number of benzene rings is 1. The number of halogens is 3. The van der Waals surface area contributed by atoms with Gasteiger partial charge in [-0.2, -0.15) is 18.3 Å². The average Bonchev–Trinajstić information content (AvgIpc) is 2.77. The number of carbonyl (C=O) groups is 1. The zero-order valence-electron chi connectivity index (χ0n) is 8.95. The van der Waals surface area contributed by atoms with Crippen LogP contribution in [0.15, 0.2) is 36.4 Å². The molecule has 4 nitrogen and oxygen atoms in total. The highest BCUT2D eigenvalue weighted by Crippen LogP contribution is 2.21. The molecule has 0 fully saturated rings. The summed E-state index contributed by atoms with van der Waals surface area (Å²) in [5.74, 6) is -2.22. The molecule has 0 saturated carbocycles. The average molecular weight is 255 g/mol. The number of alkyl halides is 3. The number of hydrogen-bond donors (Lipinski definition) is 2. The van der Waals surface area contributed by atoms with E-state index in [1.807, 2.05) is 6.07 Å². The molecule has 2 aromatic rings. The van der Waals surface area contributed by atoms with Crippen molar-refractivity contribution in [3.05, 3.63) is 36.4 Å². The monoisotopic (exact) mass is 255 g/mol. The van der Waals surface area contributed by atoms with Crippen LogP contribution in [0.4, 0.5) is 19.0 Å². The molecular formula is C11H8F3N3O. The van der Waals surface area contributed by atoms with E-state index in [0.29, 0.717) is 5.69 Å². The zero-order chi connectivity index (χ0) is 13.2. The number of hydrogen-bond acceptors (Lipinski definition) is 2. The fourth-order valence-electron chi connectivity index (χ4n) is 1.34.